The summed E-state index contributed by atoms with van der Waals surface area (Å²) in [5.74, 6) is -1.32. The summed E-state index contributed by atoms with van der Waals surface area (Å²) in [6.07, 6.45) is 0.0760. The number of benzene rings is 1. The summed E-state index contributed by atoms with van der Waals surface area (Å²) in [7, 11) is 1.52. The van der Waals surface area contributed by atoms with Crippen molar-refractivity contribution in [2.75, 3.05) is 19.4 Å². The average molecular weight is 341 g/mol. The Bertz CT molecular complexity index is 566. The molecule has 23 heavy (non-hydrogen) atoms. The highest BCUT2D eigenvalue weighted by molar-refractivity contribution is 7.99. The van der Waals surface area contributed by atoms with Crippen LogP contribution < -0.4 is 0 Å². The Morgan fingerprint density at radius 3 is 2.65 bits per heavy atom. The van der Waals surface area contributed by atoms with E-state index >= 15 is 0 Å². The topological polar surface area (TPSA) is 66.8 Å². The quantitative estimate of drug-likeness (QED) is 0.804. The van der Waals surface area contributed by atoms with Crippen LogP contribution in [0.1, 0.15) is 13.3 Å². The monoisotopic (exact) mass is 341 g/mol. The minimum Gasteiger partial charge on any atom is -0.480 e. The molecular weight excluding hydrogens is 321 g/mol. The lowest BCUT2D eigenvalue weighted by atomic mass is 10.1. The minimum atomic E-state index is -1.00. The van der Waals surface area contributed by atoms with Gasteiger partial charge in [-0.25, -0.2) is 9.18 Å². The molecule has 0 aromatic heterocycles. The van der Waals surface area contributed by atoms with Gasteiger partial charge >= 0.3 is 5.97 Å². The van der Waals surface area contributed by atoms with Crippen molar-refractivity contribution in [1.29, 1.82) is 0 Å². The number of aliphatic carboxylic acids is 1. The highest BCUT2D eigenvalue weighted by Crippen LogP contribution is 2.26. The van der Waals surface area contributed by atoms with Gasteiger partial charge in [0.25, 0.3) is 0 Å². The first-order valence-electron chi connectivity index (χ1n) is 7.36. The van der Waals surface area contributed by atoms with Gasteiger partial charge in [-0.3, -0.25) is 4.79 Å². The number of carbonyl (C=O) groups is 2. The molecule has 126 valence electrons. The zero-order valence-corrected chi connectivity index (χ0v) is 13.9. The number of thioether (sulfide) groups is 1. The molecule has 3 unspecified atom stereocenters. The van der Waals surface area contributed by atoms with Crippen LogP contribution in [0.3, 0.4) is 0 Å². The molecule has 1 heterocycles. The van der Waals surface area contributed by atoms with Gasteiger partial charge in [0.15, 0.2) is 0 Å². The Morgan fingerprint density at radius 2 is 2.09 bits per heavy atom. The summed E-state index contributed by atoms with van der Waals surface area (Å²) in [4.78, 5) is 26.1. The second-order valence-electron chi connectivity index (χ2n) is 5.60. The second-order valence-corrected chi connectivity index (χ2v) is 6.70. The summed E-state index contributed by atoms with van der Waals surface area (Å²) < 4.78 is 18.1. The van der Waals surface area contributed by atoms with E-state index < -0.39 is 12.0 Å². The van der Waals surface area contributed by atoms with Crippen LogP contribution in [0, 0.1) is 11.7 Å². The molecule has 0 bridgehead atoms. The second kappa shape index (κ2) is 7.79. The number of methoxy groups -OCH3 is 1. The maximum atomic E-state index is 12.9. The Labute approximate surface area is 138 Å². The molecule has 1 saturated heterocycles. The Kier molecular flexibility index (Phi) is 6.01. The normalized spacial score (nSPS) is 22.1. The van der Waals surface area contributed by atoms with Crippen molar-refractivity contribution in [3.8, 4) is 0 Å². The van der Waals surface area contributed by atoms with E-state index in [2.05, 4.69) is 0 Å². The number of nitrogens with zero attached hydrogens (tertiary/aromatic N) is 1. The first-order valence-corrected chi connectivity index (χ1v) is 8.35. The number of hydrogen-bond acceptors (Lipinski definition) is 4. The van der Waals surface area contributed by atoms with Crippen molar-refractivity contribution < 1.29 is 23.8 Å². The summed E-state index contributed by atoms with van der Waals surface area (Å²) in [5, 5.41) is 9.27. The van der Waals surface area contributed by atoms with Gasteiger partial charge in [-0.2, -0.15) is 0 Å². The predicted molar refractivity (Wildman–Crippen MR) is 84.8 cm³/mol. The molecule has 0 saturated carbocycles. The largest absolute Gasteiger partial charge is 0.480 e. The Morgan fingerprint density at radius 1 is 1.43 bits per heavy atom. The molecule has 2 rings (SSSR count). The third-order valence-electron chi connectivity index (χ3n) is 3.90. The van der Waals surface area contributed by atoms with E-state index in [0.717, 1.165) is 4.90 Å². The van der Waals surface area contributed by atoms with Crippen LogP contribution in [-0.2, 0) is 14.3 Å². The minimum absolute atomic E-state index is 0.188. The van der Waals surface area contributed by atoms with E-state index in [9.17, 15) is 19.1 Å². The molecule has 1 aromatic rings. The van der Waals surface area contributed by atoms with Gasteiger partial charge < -0.3 is 14.7 Å². The molecular formula is C16H20FNO4S. The van der Waals surface area contributed by atoms with Gasteiger partial charge in [0.2, 0.25) is 5.91 Å². The van der Waals surface area contributed by atoms with Crippen molar-refractivity contribution in [3.63, 3.8) is 0 Å². The van der Waals surface area contributed by atoms with Crippen LogP contribution >= 0.6 is 11.8 Å². The Balaban J connectivity index is 1.95. The van der Waals surface area contributed by atoms with Gasteiger partial charge in [0, 0.05) is 36.6 Å². The molecule has 1 aromatic carbocycles. The van der Waals surface area contributed by atoms with Crippen LogP contribution in [0.2, 0.25) is 0 Å². The third kappa shape index (κ3) is 4.45. The first kappa shape index (κ1) is 17.7. The molecule has 1 fully saturated rings. The van der Waals surface area contributed by atoms with E-state index in [4.69, 9.17) is 4.74 Å². The van der Waals surface area contributed by atoms with Gasteiger partial charge in [-0.05, 0) is 24.3 Å². The average Bonchev–Trinajstić information content (AvgIpc) is 2.98. The van der Waals surface area contributed by atoms with E-state index in [0.29, 0.717) is 18.7 Å². The van der Waals surface area contributed by atoms with Crippen molar-refractivity contribution in [1.82, 2.24) is 4.90 Å². The molecule has 7 heteroatoms. The van der Waals surface area contributed by atoms with Crippen LogP contribution in [0.15, 0.2) is 29.2 Å². The van der Waals surface area contributed by atoms with E-state index in [1.807, 2.05) is 0 Å². The fourth-order valence-corrected chi connectivity index (χ4v) is 3.47. The fourth-order valence-electron chi connectivity index (χ4n) is 2.55. The smallest absolute Gasteiger partial charge is 0.326 e. The van der Waals surface area contributed by atoms with Crippen LogP contribution in [-0.4, -0.2) is 53.4 Å². The first-order chi connectivity index (χ1) is 10.9. The number of halogens is 1. The van der Waals surface area contributed by atoms with Crippen molar-refractivity contribution >= 4 is 23.6 Å². The van der Waals surface area contributed by atoms with E-state index in [1.165, 1.54) is 35.9 Å². The highest BCUT2D eigenvalue weighted by Gasteiger charge is 2.40. The van der Waals surface area contributed by atoms with Crippen LogP contribution in [0.5, 0.6) is 0 Å². The molecule has 1 amide bonds. The van der Waals surface area contributed by atoms with Gasteiger partial charge in [-0.15, -0.1) is 11.8 Å². The molecule has 0 spiro atoms. The molecule has 1 aliphatic heterocycles. The summed E-state index contributed by atoms with van der Waals surface area (Å²) >= 11 is 1.45. The SMILES string of the molecule is COC1CC(C(=O)O)N(C(=O)C(C)CSc2ccc(F)cc2)C1. The molecule has 0 aliphatic carbocycles. The zero-order chi connectivity index (χ0) is 17.0. The number of carboxylic acid groups (broad SMARTS) is 1. The number of rotatable bonds is 6. The Hall–Kier alpha value is -1.60. The van der Waals surface area contributed by atoms with Crippen LogP contribution in [0.4, 0.5) is 4.39 Å². The number of carboxylic acids is 1. The van der Waals surface area contributed by atoms with Gasteiger partial charge in [0.1, 0.15) is 11.9 Å². The van der Waals surface area contributed by atoms with E-state index in [-0.39, 0.29) is 23.7 Å². The van der Waals surface area contributed by atoms with E-state index in [1.54, 1.807) is 19.1 Å². The summed E-state index contributed by atoms with van der Waals surface area (Å²) in [5.41, 5.74) is 0. The van der Waals surface area contributed by atoms with Gasteiger partial charge in [-0.1, -0.05) is 6.92 Å². The lowest BCUT2D eigenvalue weighted by Crippen LogP contribution is -2.43. The molecule has 5 nitrogen and oxygen atoms in total. The predicted octanol–water partition coefficient (Wildman–Crippen LogP) is 2.25. The number of likely N-dealkylation sites (tertiary alicyclic amines) is 1. The van der Waals surface area contributed by atoms with Crippen molar-refractivity contribution in [2.45, 2.75) is 30.4 Å². The van der Waals surface area contributed by atoms with Crippen molar-refractivity contribution in [3.05, 3.63) is 30.1 Å². The number of ether oxygens (including phenoxy) is 1. The number of amides is 1. The third-order valence-corrected chi connectivity index (χ3v) is 5.17. The van der Waals surface area contributed by atoms with Crippen LogP contribution in [0.25, 0.3) is 0 Å². The fraction of sp³-hybridized carbons (Fsp3) is 0.500. The zero-order valence-electron chi connectivity index (χ0n) is 13.1. The van der Waals surface area contributed by atoms with Gasteiger partial charge in [0.05, 0.1) is 6.10 Å². The molecule has 0 radical (unpaired) electrons. The summed E-state index contributed by atoms with van der Waals surface area (Å²) in [6, 6.07) is 5.24. The number of carbonyl (C=O) groups excluding carboxylic acids is 1. The molecule has 1 aliphatic rings. The number of hydrogen-bond donors (Lipinski definition) is 1. The van der Waals surface area contributed by atoms with Crippen molar-refractivity contribution in [2.24, 2.45) is 5.92 Å². The standard InChI is InChI=1S/C16H20FNO4S/c1-10(9-23-13-5-3-11(17)4-6-13)15(19)18-8-12(22-2)7-14(18)16(20)21/h3-6,10,12,14H,7-9H2,1-2H3,(H,20,21). The molecule has 3 atom stereocenters. The summed E-state index contributed by atoms with van der Waals surface area (Å²) in [6.45, 7) is 2.08. The maximum absolute atomic E-state index is 12.9. The lowest BCUT2D eigenvalue weighted by Gasteiger charge is -2.24. The maximum Gasteiger partial charge on any atom is 0.326 e. The molecule has 1 N–H and O–H groups in total. The lowest BCUT2D eigenvalue weighted by molar-refractivity contribution is -0.149. The highest BCUT2D eigenvalue weighted by atomic mass is 32.2.